The Balaban J connectivity index is 1.62. The van der Waals surface area contributed by atoms with Crippen LogP contribution >= 0.6 is 0 Å². The van der Waals surface area contributed by atoms with E-state index in [0.717, 1.165) is 6.07 Å². The molecule has 1 aliphatic heterocycles. The SMILES string of the molecule is CNCCC(=O)O[C@H]1CN(c2ccc3cc(-c4ccccc4C(F)(F)F)[nH]c(=O)c3c2)C(=O)O1. The number of esters is 1. The van der Waals surface area contributed by atoms with Crippen LogP contribution in [0.15, 0.2) is 53.3 Å². The Labute approximate surface area is 191 Å². The Morgan fingerprint density at radius 2 is 1.97 bits per heavy atom. The van der Waals surface area contributed by atoms with Gasteiger partial charge in [0.1, 0.15) is 6.54 Å². The zero-order valence-corrected chi connectivity index (χ0v) is 17.9. The number of carbonyl (C=O) groups excluding carboxylic acids is 2. The molecule has 34 heavy (non-hydrogen) atoms. The van der Waals surface area contributed by atoms with Gasteiger partial charge in [0.05, 0.1) is 12.0 Å². The molecule has 0 bridgehead atoms. The number of cyclic esters (lactones) is 1. The van der Waals surface area contributed by atoms with E-state index in [0.29, 0.717) is 17.6 Å². The van der Waals surface area contributed by atoms with Gasteiger partial charge in [-0.15, -0.1) is 0 Å². The number of ether oxygens (including phenoxy) is 2. The fourth-order valence-corrected chi connectivity index (χ4v) is 3.67. The molecule has 0 unspecified atom stereocenters. The number of nitrogens with one attached hydrogen (secondary N) is 2. The van der Waals surface area contributed by atoms with Gasteiger partial charge in [0.25, 0.3) is 11.8 Å². The summed E-state index contributed by atoms with van der Waals surface area (Å²) in [6, 6.07) is 10.9. The molecular formula is C23H20F3N3O5. The standard InChI is InChI=1S/C23H20F3N3O5/c1-27-9-8-19(30)33-20-12-29(22(32)34-20)14-7-6-13-10-18(28-21(31)16(13)11-14)15-4-2-3-5-17(15)23(24,25)26/h2-7,10-11,20,27H,8-9,12H2,1H3,(H,28,31)/t20-/m1/s1. The van der Waals surface area contributed by atoms with Gasteiger partial charge in [-0.3, -0.25) is 14.5 Å². The average Bonchev–Trinajstić information content (AvgIpc) is 3.16. The second kappa shape index (κ2) is 9.18. The van der Waals surface area contributed by atoms with E-state index in [1.807, 2.05) is 0 Å². The Kier molecular flexibility index (Phi) is 6.29. The van der Waals surface area contributed by atoms with E-state index in [4.69, 9.17) is 9.47 Å². The maximum Gasteiger partial charge on any atom is 0.417 e. The first kappa shape index (κ1) is 23.3. The Hall–Kier alpha value is -3.86. The molecule has 0 spiro atoms. The van der Waals surface area contributed by atoms with Gasteiger partial charge in [-0.05, 0) is 36.7 Å². The number of nitrogens with zero attached hydrogens (tertiary/aromatic N) is 1. The molecule has 2 N–H and O–H groups in total. The minimum atomic E-state index is -4.59. The van der Waals surface area contributed by atoms with E-state index in [9.17, 15) is 27.6 Å². The predicted octanol–water partition coefficient (Wildman–Crippen LogP) is 3.65. The third kappa shape index (κ3) is 4.74. The molecule has 178 valence electrons. The minimum absolute atomic E-state index is 0.0207. The number of halogens is 3. The van der Waals surface area contributed by atoms with Gasteiger partial charge < -0.3 is 19.8 Å². The van der Waals surface area contributed by atoms with Gasteiger partial charge in [0, 0.05) is 28.9 Å². The molecule has 0 radical (unpaired) electrons. The van der Waals surface area contributed by atoms with Crippen molar-refractivity contribution in [3.8, 4) is 11.3 Å². The van der Waals surface area contributed by atoms with E-state index in [2.05, 4.69) is 10.3 Å². The van der Waals surface area contributed by atoms with Crippen LogP contribution in [-0.2, 0) is 20.4 Å². The zero-order valence-electron chi connectivity index (χ0n) is 17.9. The summed E-state index contributed by atoms with van der Waals surface area (Å²) in [4.78, 5) is 40.5. The number of aromatic amines is 1. The number of rotatable bonds is 6. The van der Waals surface area contributed by atoms with Crippen LogP contribution in [0.5, 0.6) is 0 Å². The van der Waals surface area contributed by atoms with Crippen molar-refractivity contribution in [1.82, 2.24) is 10.3 Å². The number of carbonyl (C=O) groups is 2. The smallest absolute Gasteiger partial charge is 0.417 e. The average molecular weight is 475 g/mol. The van der Waals surface area contributed by atoms with Crippen LogP contribution in [0.3, 0.4) is 0 Å². The number of amides is 1. The fourth-order valence-electron chi connectivity index (χ4n) is 3.67. The lowest BCUT2D eigenvalue weighted by atomic mass is 10.0. The van der Waals surface area contributed by atoms with Gasteiger partial charge in [0.2, 0.25) is 0 Å². The number of fused-ring (bicyclic) bond motifs is 1. The van der Waals surface area contributed by atoms with E-state index in [1.54, 1.807) is 7.05 Å². The van der Waals surface area contributed by atoms with E-state index >= 15 is 0 Å². The molecule has 11 heteroatoms. The van der Waals surface area contributed by atoms with Crippen molar-refractivity contribution < 1.29 is 32.2 Å². The quantitative estimate of drug-likeness (QED) is 0.528. The molecule has 0 aliphatic carbocycles. The largest absolute Gasteiger partial charge is 0.423 e. The van der Waals surface area contributed by atoms with Gasteiger partial charge in [-0.25, -0.2) is 4.79 Å². The number of hydrogen-bond acceptors (Lipinski definition) is 6. The highest BCUT2D eigenvalue weighted by molar-refractivity contribution is 5.95. The number of benzene rings is 2. The minimum Gasteiger partial charge on any atom is -0.423 e. The van der Waals surface area contributed by atoms with Gasteiger partial charge >= 0.3 is 18.2 Å². The predicted molar refractivity (Wildman–Crippen MR) is 117 cm³/mol. The van der Waals surface area contributed by atoms with Crippen LogP contribution in [0.2, 0.25) is 0 Å². The summed E-state index contributed by atoms with van der Waals surface area (Å²) in [6.07, 6.45) is -6.32. The number of anilines is 1. The maximum absolute atomic E-state index is 13.4. The first-order chi connectivity index (χ1) is 16.2. The lowest BCUT2D eigenvalue weighted by Gasteiger charge is -2.15. The van der Waals surface area contributed by atoms with E-state index in [1.165, 1.54) is 47.4 Å². The Morgan fingerprint density at radius 1 is 1.21 bits per heavy atom. The van der Waals surface area contributed by atoms with Crippen molar-refractivity contribution >= 4 is 28.5 Å². The van der Waals surface area contributed by atoms with Crippen molar-refractivity contribution in [3.63, 3.8) is 0 Å². The Morgan fingerprint density at radius 3 is 2.71 bits per heavy atom. The molecule has 1 saturated heterocycles. The zero-order chi connectivity index (χ0) is 24.5. The van der Waals surface area contributed by atoms with Gasteiger partial charge in [-0.1, -0.05) is 24.3 Å². The summed E-state index contributed by atoms with van der Waals surface area (Å²) in [5, 5.41) is 3.37. The number of alkyl halides is 3. The van der Waals surface area contributed by atoms with Crippen LogP contribution in [-0.4, -0.2) is 43.5 Å². The van der Waals surface area contributed by atoms with Crippen LogP contribution in [0.1, 0.15) is 12.0 Å². The molecule has 1 aliphatic rings. The highest BCUT2D eigenvalue weighted by Crippen LogP contribution is 2.36. The van der Waals surface area contributed by atoms with Crippen LogP contribution in [0, 0.1) is 0 Å². The van der Waals surface area contributed by atoms with Crippen molar-refractivity contribution in [2.75, 3.05) is 25.0 Å². The normalized spacial score (nSPS) is 16.1. The summed E-state index contributed by atoms with van der Waals surface area (Å²) in [7, 11) is 1.68. The summed E-state index contributed by atoms with van der Waals surface area (Å²) < 4.78 is 50.4. The fraction of sp³-hybridized carbons (Fsp3) is 0.261. The summed E-state index contributed by atoms with van der Waals surface area (Å²) >= 11 is 0. The van der Waals surface area contributed by atoms with Crippen LogP contribution in [0.25, 0.3) is 22.0 Å². The first-order valence-corrected chi connectivity index (χ1v) is 10.3. The number of aromatic nitrogens is 1. The monoisotopic (exact) mass is 475 g/mol. The topological polar surface area (TPSA) is 101 Å². The summed E-state index contributed by atoms with van der Waals surface area (Å²) in [6.45, 7) is 0.344. The van der Waals surface area contributed by atoms with Crippen LogP contribution < -0.4 is 15.8 Å². The lowest BCUT2D eigenvalue weighted by Crippen LogP contribution is -2.27. The molecule has 1 fully saturated rings. The maximum atomic E-state index is 13.4. The van der Waals surface area contributed by atoms with Crippen molar-refractivity contribution in [1.29, 1.82) is 0 Å². The summed E-state index contributed by atoms with van der Waals surface area (Å²) in [5.41, 5.74) is -1.29. The molecule has 2 heterocycles. The van der Waals surface area contributed by atoms with Crippen molar-refractivity contribution in [2.24, 2.45) is 0 Å². The van der Waals surface area contributed by atoms with Gasteiger partial charge in [0.15, 0.2) is 0 Å². The van der Waals surface area contributed by atoms with E-state index in [-0.39, 0.29) is 29.6 Å². The molecule has 2 aromatic carbocycles. The number of pyridine rings is 1. The van der Waals surface area contributed by atoms with Gasteiger partial charge in [-0.2, -0.15) is 13.2 Å². The summed E-state index contributed by atoms with van der Waals surface area (Å²) in [5.74, 6) is -0.532. The second-order valence-corrected chi connectivity index (χ2v) is 7.59. The molecular weight excluding hydrogens is 455 g/mol. The molecule has 1 atom stereocenters. The first-order valence-electron chi connectivity index (χ1n) is 10.3. The number of H-pyrrole nitrogens is 1. The van der Waals surface area contributed by atoms with E-state index < -0.39 is 35.7 Å². The molecule has 1 amide bonds. The van der Waals surface area contributed by atoms with Crippen molar-refractivity contribution in [2.45, 2.75) is 18.9 Å². The molecule has 4 rings (SSSR count). The molecule has 0 saturated carbocycles. The molecule has 1 aromatic heterocycles. The third-order valence-electron chi connectivity index (χ3n) is 5.29. The third-order valence-corrected chi connectivity index (χ3v) is 5.29. The highest BCUT2D eigenvalue weighted by Gasteiger charge is 2.35. The van der Waals surface area contributed by atoms with Crippen LogP contribution in [0.4, 0.5) is 23.7 Å². The Bertz CT molecular complexity index is 1300. The lowest BCUT2D eigenvalue weighted by molar-refractivity contribution is -0.162. The van der Waals surface area contributed by atoms with Crippen molar-refractivity contribution in [3.05, 3.63) is 64.4 Å². The molecule has 8 nitrogen and oxygen atoms in total. The highest BCUT2D eigenvalue weighted by atomic mass is 19.4. The number of hydrogen-bond donors (Lipinski definition) is 2. The molecule has 3 aromatic rings. The second-order valence-electron chi connectivity index (χ2n) is 7.59.